The van der Waals surface area contributed by atoms with E-state index < -0.39 is 23.1 Å². The van der Waals surface area contributed by atoms with Crippen molar-refractivity contribution in [2.45, 2.75) is 11.2 Å². The number of benzene rings is 4. The number of aliphatic carboxylic acids is 2. The minimum atomic E-state index is -2.00. The van der Waals surface area contributed by atoms with E-state index >= 15 is 0 Å². The monoisotopic (exact) mass is 570 g/mol. The summed E-state index contributed by atoms with van der Waals surface area (Å²) in [6.07, 6.45) is 0. The van der Waals surface area contributed by atoms with Gasteiger partial charge in [-0.25, -0.2) is 9.59 Å². The average Bonchev–Trinajstić information content (AvgIpc) is 2.90. The molecule has 0 aromatic heterocycles. The Kier molecular flexibility index (Phi) is 9.88. The van der Waals surface area contributed by atoms with Gasteiger partial charge in [0.2, 0.25) is 11.2 Å². The van der Waals surface area contributed by atoms with E-state index in [1.165, 1.54) is 0 Å². The minimum absolute atomic E-state index is 0. The van der Waals surface area contributed by atoms with Crippen LogP contribution in [0.15, 0.2) is 121 Å². The fraction of sp³-hybridized carbons (Fsp3) is 0.0714. The first-order valence-corrected chi connectivity index (χ1v) is 10.4. The zero-order valence-electron chi connectivity index (χ0n) is 18.9. The van der Waals surface area contributed by atoms with Crippen LogP contribution in [0.25, 0.3) is 0 Å². The van der Waals surface area contributed by atoms with Gasteiger partial charge >= 0.3 is 11.9 Å². The number of hydrogen-bond acceptors (Lipinski definition) is 4. The van der Waals surface area contributed by atoms with Crippen molar-refractivity contribution in [2.24, 2.45) is 0 Å². The molecule has 6 nitrogen and oxygen atoms in total. The summed E-state index contributed by atoms with van der Waals surface area (Å²) < 4.78 is 0. The summed E-state index contributed by atoms with van der Waals surface area (Å²) in [5.41, 5.74) is -2.61. The Bertz CT molecular complexity index is 1040. The van der Waals surface area contributed by atoms with Gasteiger partial charge < -0.3 is 20.4 Å². The second-order valence-electron chi connectivity index (χ2n) is 7.50. The number of carboxylic acid groups (broad SMARTS) is 2. The molecule has 4 aromatic carbocycles. The summed E-state index contributed by atoms with van der Waals surface area (Å²) in [7, 11) is 0. The summed E-state index contributed by atoms with van der Waals surface area (Å²) in [5, 5.41) is 39.4. The van der Waals surface area contributed by atoms with Crippen molar-refractivity contribution in [1.82, 2.24) is 0 Å². The van der Waals surface area contributed by atoms with E-state index in [-0.39, 0.29) is 27.3 Å². The van der Waals surface area contributed by atoms with Gasteiger partial charge in [0.1, 0.15) is 0 Å². The number of carbonyl (C=O) groups is 2. The Morgan fingerprint density at radius 2 is 0.600 bits per heavy atom. The van der Waals surface area contributed by atoms with Crippen LogP contribution >= 0.6 is 0 Å². The first-order valence-electron chi connectivity index (χ1n) is 10.4. The van der Waals surface area contributed by atoms with Crippen LogP contribution in [0.2, 0.25) is 0 Å². The molecule has 0 saturated carbocycles. The van der Waals surface area contributed by atoms with E-state index in [4.69, 9.17) is 0 Å². The molecule has 0 bridgehead atoms. The van der Waals surface area contributed by atoms with Crippen LogP contribution < -0.4 is 0 Å². The molecule has 0 spiro atoms. The van der Waals surface area contributed by atoms with Gasteiger partial charge in [-0.2, -0.15) is 0 Å². The van der Waals surface area contributed by atoms with E-state index in [1.54, 1.807) is 121 Å². The third-order valence-electron chi connectivity index (χ3n) is 5.39. The predicted molar refractivity (Wildman–Crippen MR) is 127 cm³/mol. The maximum atomic E-state index is 11.4. The van der Waals surface area contributed by atoms with Gasteiger partial charge in [-0.15, -0.1) is 0 Å². The molecular weight excluding hydrogens is 545 g/mol. The van der Waals surface area contributed by atoms with Gasteiger partial charge in [-0.1, -0.05) is 121 Å². The SMILES string of the molecule is O=C(O)C(O)(c1ccccc1)c1ccccc1.O=C(O)C(O)(c1ccccc1)c1ccccc1.[Cd]. The molecule has 0 aliphatic heterocycles. The molecule has 0 fully saturated rings. The van der Waals surface area contributed by atoms with Crippen molar-refractivity contribution in [3.05, 3.63) is 144 Å². The van der Waals surface area contributed by atoms with Crippen LogP contribution in [0, 0.1) is 0 Å². The Hall–Kier alpha value is -3.34. The van der Waals surface area contributed by atoms with E-state index in [9.17, 15) is 30.0 Å². The van der Waals surface area contributed by atoms with Crippen molar-refractivity contribution >= 4 is 11.9 Å². The zero-order chi connectivity index (χ0) is 24.6. The predicted octanol–water partition coefficient (Wildman–Crippen LogP) is 4.01. The molecule has 0 aliphatic rings. The molecule has 0 unspecified atom stereocenters. The number of aliphatic hydroxyl groups is 2. The standard InChI is InChI=1S/2C14H12O3.Cd/c2*15-13(16)14(17,11-7-3-1-4-8-11)12-9-5-2-6-10-12;/h2*1-10,17H,(H,15,16);. The summed E-state index contributed by atoms with van der Waals surface area (Å²) in [5.74, 6) is -2.56. The van der Waals surface area contributed by atoms with Crippen molar-refractivity contribution < 1.29 is 57.3 Å². The second kappa shape index (κ2) is 12.4. The van der Waals surface area contributed by atoms with Gasteiger partial charge in [0.05, 0.1) is 0 Å². The van der Waals surface area contributed by atoms with Crippen LogP contribution in [0.4, 0.5) is 0 Å². The Labute approximate surface area is 223 Å². The van der Waals surface area contributed by atoms with E-state index in [1.807, 2.05) is 0 Å². The molecule has 0 atom stereocenters. The average molecular weight is 569 g/mol. The molecule has 7 heteroatoms. The molecular formula is C28H24CdO6. The molecule has 4 rings (SSSR count). The molecule has 174 valence electrons. The minimum Gasteiger partial charge on any atom is -0.479 e. The van der Waals surface area contributed by atoms with Crippen LogP contribution in [-0.2, 0) is 48.1 Å². The number of hydrogen-bond donors (Lipinski definition) is 4. The largest absolute Gasteiger partial charge is 0.479 e. The quantitative estimate of drug-likeness (QED) is 0.261. The van der Waals surface area contributed by atoms with E-state index in [2.05, 4.69) is 0 Å². The molecule has 0 aliphatic carbocycles. The molecule has 0 saturated heterocycles. The Morgan fingerprint density at radius 1 is 0.429 bits per heavy atom. The van der Waals surface area contributed by atoms with E-state index in [0.29, 0.717) is 22.3 Å². The second-order valence-corrected chi connectivity index (χ2v) is 7.50. The van der Waals surface area contributed by atoms with Crippen LogP contribution in [0.5, 0.6) is 0 Å². The number of rotatable bonds is 6. The van der Waals surface area contributed by atoms with Crippen LogP contribution in [0.1, 0.15) is 22.3 Å². The van der Waals surface area contributed by atoms with Gasteiger partial charge in [-0.05, 0) is 22.3 Å². The van der Waals surface area contributed by atoms with Gasteiger partial charge in [0.25, 0.3) is 0 Å². The van der Waals surface area contributed by atoms with Crippen molar-refractivity contribution in [1.29, 1.82) is 0 Å². The van der Waals surface area contributed by atoms with Crippen LogP contribution in [-0.4, -0.2) is 32.4 Å². The first kappa shape index (κ1) is 27.9. The fourth-order valence-corrected chi connectivity index (χ4v) is 3.54. The van der Waals surface area contributed by atoms with E-state index in [0.717, 1.165) is 0 Å². The summed E-state index contributed by atoms with van der Waals surface area (Å²) in [4.78, 5) is 22.7. The van der Waals surface area contributed by atoms with Crippen molar-refractivity contribution in [3.8, 4) is 0 Å². The third-order valence-corrected chi connectivity index (χ3v) is 5.39. The molecule has 0 heterocycles. The number of carboxylic acids is 2. The van der Waals surface area contributed by atoms with Gasteiger partial charge in [0.15, 0.2) is 0 Å². The Balaban J connectivity index is 0.000000240. The molecule has 4 aromatic rings. The van der Waals surface area contributed by atoms with Crippen molar-refractivity contribution in [3.63, 3.8) is 0 Å². The van der Waals surface area contributed by atoms with Crippen molar-refractivity contribution in [2.75, 3.05) is 0 Å². The topological polar surface area (TPSA) is 115 Å². The fourth-order valence-electron chi connectivity index (χ4n) is 3.54. The third kappa shape index (κ3) is 6.02. The first-order chi connectivity index (χ1) is 16.3. The summed E-state index contributed by atoms with van der Waals surface area (Å²) >= 11 is 0. The zero-order valence-corrected chi connectivity index (χ0v) is 22.9. The summed E-state index contributed by atoms with van der Waals surface area (Å²) in [6.45, 7) is 0. The molecule has 0 amide bonds. The summed E-state index contributed by atoms with van der Waals surface area (Å²) in [6, 6.07) is 33.5. The van der Waals surface area contributed by atoms with Gasteiger partial charge in [0, 0.05) is 27.3 Å². The molecule has 0 radical (unpaired) electrons. The Morgan fingerprint density at radius 3 is 0.743 bits per heavy atom. The maximum absolute atomic E-state index is 11.4. The van der Waals surface area contributed by atoms with Crippen LogP contribution in [0.3, 0.4) is 0 Å². The van der Waals surface area contributed by atoms with Gasteiger partial charge in [-0.3, -0.25) is 0 Å². The smallest absolute Gasteiger partial charge is 0.345 e. The molecule has 35 heavy (non-hydrogen) atoms. The normalized spacial score (nSPS) is 10.8. The molecule has 4 N–H and O–H groups in total. The maximum Gasteiger partial charge on any atom is 0.345 e.